The van der Waals surface area contributed by atoms with Crippen molar-refractivity contribution in [3.63, 3.8) is 0 Å². The number of rotatable bonds is 1. The third-order valence-corrected chi connectivity index (χ3v) is 6.95. The van der Waals surface area contributed by atoms with E-state index in [2.05, 4.69) is 19.1 Å². The van der Waals surface area contributed by atoms with Gasteiger partial charge in [0, 0.05) is 17.4 Å². The Balaban J connectivity index is 1.75. The van der Waals surface area contributed by atoms with Crippen LogP contribution in [0.3, 0.4) is 0 Å². The van der Waals surface area contributed by atoms with E-state index >= 15 is 0 Å². The van der Waals surface area contributed by atoms with Crippen molar-refractivity contribution in [2.75, 3.05) is 0 Å². The molecule has 4 atom stereocenters. The van der Waals surface area contributed by atoms with Gasteiger partial charge in [0.05, 0.1) is 0 Å². The van der Waals surface area contributed by atoms with Crippen LogP contribution in [0.5, 0.6) is 0 Å². The highest BCUT2D eigenvalue weighted by molar-refractivity contribution is 5.87. The second kappa shape index (κ2) is 4.78. The fourth-order valence-corrected chi connectivity index (χ4v) is 5.66. The summed E-state index contributed by atoms with van der Waals surface area (Å²) in [5.74, 6) is 2.26. The van der Waals surface area contributed by atoms with Crippen molar-refractivity contribution < 1.29 is 9.59 Å². The predicted molar refractivity (Wildman–Crippen MR) is 86.2 cm³/mol. The minimum absolute atomic E-state index is 0.0587. The molecule has 4 rings (SSSR count). The molecule has 3 aliphatic rings. The molecule has 0 saturated heterocycles. The highest BCUT2D eigenvalue weighted by Crippen LogP contribution is 2.59. The van der Waals surface area contributed by atoms with E-state index in [0.29, 0.717) is 23.5 Å². The number of ketones is 1. The SMILES string of the molecule is Cc1cc2c(cc1C=O)C1CCC3(C)C(=O)CCC3C1CC2. The molecule has 0 N–H and O–H groups in total. The van der Waals surface area contributed by atoms with Crippen LogP contribution in [0.4, 0.5) is 0 Å². The summed E-state index contributed by atoms with van der Waals surface area (Å²) in [4.78, 5) is 23.7. The van der Waals surface area contributed by atoms with Crippen molar-refractivity contribution in [2.24, 2.45) is 17.3 Å². The number of hydrogen-bond donors (Lipinski definition) is 0. The molecule has 22 heavy (non-hydrogen) atoms. The van der Waals surface area contributed by atoms with Crippen LogP contribution in [0.2, 0.25) is 0 Å². The van der Waals surface area contributed by atoms with Crippen LogP contribution in [0.25, 0.3) is 0 Å². The zero-order chi connectivity index (χ0) is 15.5. The monoisotopic (exact) mass is 296 g/mol. The van der Waals surface area contributed by atoms with Gasteiger partial charge in [-0.2, -0.15) is 0 Å². The third-order valence-electron chi connectivity index (χ3n) is 6.95. The van der Waals surface area contributed by atoms with Gasteiger partial charge < -0.3 is 0 Å². The lowest BCUT2D eigenvalue weighted by Crippen LogP contribution is -2.42. The van der Waals surface area contributed by atoms with E-state index in [1.807, 2.05) is 6.92 Å². The standard InChI is InChI=1S/C20H24O2/c1-12-9-13-3-4-16-15(17(13)10-14(12)11-21)7-8-20(2)18(16)5-6-19(20)22/h9-11,15-16,18H,3-8H2,1-2H3. The summed E-state index contributed by atoms with van der Waals surface area (Å²) in [6, 6.07) is 4.37. The van der Waals surface area contributed by atoms with Crippen LogP contribution in [0.15, 0.2) is 12.1 Å². The Kier molecular flexibility index (Phi) is 3.08. The van der Waals surface area contributed by atoms with Crippen LogP contribution < -0.4 is 0 Å². The molecule has 116 valence electrons. The first-order valence-electron chi connectivity index (χ1n) is 8.66. The summed E-state index contributed by atoms with van der Waals surface area (Å²) < 4.78 is 0. The summed E-state index contributed by atoms with van der Waals surface area (Å²) in [6.45, 7) is 4.24. The smallest absolute Gasteiger partial charge is 0.150 e. The summed E-state index contributed by atoms with van der Waals surface area (Å²) >= 11 is 0. The van der Waals surface area contributed by atoms with Crippen molar-refractivity contribution in [1.29, 1.82) is 0 Å². The van der Waals surface area contributed by atoms with E-state index in [9.17, 15) is 9.59 Å². The van der Waals surface area contributed by atoms with E-state index in [4.69, 9.17) is 0 Å². The van der Waals surface area contributed by atoms with Crippen molar-refractivity contribution >= 4 is 12.1 Å². The molecule has 4 unspecified atom stereocenters. The van der Waals surface area contributed by atoms with E-state index in [1.54, 1.807) is 0 Å². The van der Waals surface area contributed by atoms with Gasteiger partial charge in [0.1, 0.15) is 12.1 Å². The van der Waals surface area contributed by atoms with Crippen molar-refractivity contribution in [1.82, 2.24) is 0 Å². The van der Waals surface area contributed by atoms with Crippen molar-refractivity contribution in [3.05, 3.63) is 34.4 Å². The molecular formula is C20H24O2. The Morgan fingerprint density at radius 2 is 2.00 bits per heavy atom. The van der Waals surface area contributed by atoms with E-state index in [-0.39, 0.29) is 5.41 Å². The average molecular weight is 296 g/mol. The van der Waals surface area contributed by atoms with Gasteiger partial charge in [-0.1, -0.05) is 13.0 Å². The molecule has 0 heterocycles. The van der Waals surface area contributed by atoms with E-state index in [1.165, 1.54) is 17.5 Å². The molecule has 1 aromatic carbocycles. The molecule has 0 aromatic heterocycles. The fraction of sp³-hybridized carbons (Fsp3) is 0.600. The molecule has 0 radical (unpaired) electrons. The summed E-state index contributed by atoms with van der Waals surface area (Å²) in [5.41, 5.74) is 4.73. The number of Topliss-reactive ketones (excluding diaryl/α,β-unsaturated/α-hetero) is 1. The normalized spacial score (nSPS) is 36.5. The minimum atomic E-state index is -0.0587. The maximum absolute atomic E-state index is 12.3. The molecule has 0 amide bonds. The second-order valence-corrected chi connectivity index (χ2v) is 7.86. The topological polar surface area (TPSA) is 34.1 Å². The van der Waals surface area contributed by atoms with Crippen molar-refractivity contribution in [2.45, 2.75) is 58.3 Å². The molecule has 1 aromatic rings. The lowest BCUT2D eigenvalue weighted by atomic mass is 9.55. The largest absolute Gasteiger partial charge is 0.299 e. The second-order valence-electron chi connectivity index (χ2n) is 7.86. The molecule has 0 spiro atoms. The van der Waals surface area contributed by atoms with Gasteiger partial charge in [0.2, 0.25) is 0 Å². The van der Waals surface area contributed by atoms with Crippen LogP contribution in [0.1, 0.15) is 72.0 Å². The Hall–Kier alpha value is -1.44. The number of aldehydes is 1. The first-order valence-corrected chi connectivity index (χ1v) is 8.66. The Labute approximate surface area is 132 Å². The quantitative estimate of drug-likeness (QED) is 0.727. The van der Waals surface area contributed by atoms with Crippen LogP contribution >= 0.6 is 0 Å². The molecule has 2 heteroatoms. The number of hydrogen-bond acceptors (Lipinski definition) is 2. The first kappa shape index (κ1) is 14.2. The highest BCUT2D eigenvalue weighted by atomic mass is 16.1. The molecule has 0 bridgehead atoms. The number of carbonyl (C=O) groups is 2. The minimum Gasteiger partial charge on any atom is -0.299 e. The Morgan fingerprint density at radius 3 is 2.77 bits per heavy atom. The molecule has 2 nitrogen and oxygen atoms in total. The lowest BCUT2D eigenvalue weighted by molar-refractivity contribution is -0.129. The van der Waals surface area contributed by atoms with Gasteiger partial charge in [-0.15, -0.1) is 0 Å². The van der Waals surface area contributed by atoms with Crippen LogP contribution in [0, 0.1) is 24.2 Å². The van der Waals surface area contributed by atoms with Gasteiger partial charge in [-0.05, 0) is 79.5 Å². The molecule has 2 fully saturated rings. The number of fused-ring (bicyclic) bond motifs is 5. The van der Waals surface area contributed by atoms with Crippen LogP contribution in [-0.4, -0.2) is 12.1 Å². The lowest BCUT2D eigenvalue weighted by Gasteiger charge is -2.48. The molecule has 0 aliphatic heterocycles. The average Bonchev–Trinajstić information content (AvgIpc) is 2.82. The fourth-order valence-electron chi connectivity index (χ4n) is 5.66. The van der Waals surface area contributed by atoms with Gasteiger partial charge in [-0.3, -0.25) is 9.59 Å². The Morgan fingerprint density at radius 1 is 1.18 bits per heavy atom. The summed E-state index contributed by atoms with van der Waals surface area (Å²) in [6.07, 6.45) is 7.32. The third kappa shape index (κ3) is 1.79. The molecular weight excluding hydrogens is 272 g/mol. The number of carbonyl (C=O) groups excluding carboxylic acids is 2. The first-order chi connectivity index (χ1) is 10.5. The van der Waals surface area contributed by atoms with Gasteiger partial charge in [0.15, 0.2) is 0 Å². The zero-order valence-electron chi connectivity index (χ0n) is 13.5. The zero-order valence-corrected chi connectivity index (χ0v) is 13.5. The predicted octanol–water partition coefficient (Wildman–Crippen LogP) is 4.23. The van der Waals surface area contributed by atoms with Gasteiger partial charge in [-0.25, -0.2) is 0 Å². The van der Waals surface area contributed by atoms with Crippen molar-refractivity contribution in [3.8, 4) is 0 Å². The number of aryl methyl sites for hydroxylation is 2. The molecule has 3 aliphatic carbocycles. The van der Waals surface area contributed by atoms with Gasteiger partial charge >= 0.3 is 0 Å². The summed E-state index contributed by atoms with van der Waals surface area (Å²) in [5, 5.41) is 0. The van der Waals surface area contributed by atoms with Gasteiger partial charge in [0.25, 0.3) is 0 Å². The highest BCUT2D eigenvalue weighted by Gasteiger charge is 2.54. The van der Waals surface area contributed by atoms with Crippen LogP contribution in [-0.2, 0) is 11.2 Å². The maximum atomic E-state index is 12.3. The molecule has 2 saturated carbocycles. The number of benzene rings is 1. The summed E-state index contributed by atoms with van der Waals surface area (Å²) in [7, 11) is 0. The van der Waals surface area contributed by atoms with E-state index in [0.717, 1.165) is 49.5 Å². The maximum Gasteiger partial charge on any atom is 0.150 e. The van der Waals surface area contributed by atoms with E-state index < -0.39 is 0 Å². The Bertz CT molecular complexity index is 660.